The summed E-state index contributed by atoms with van der Waals surface area (Å²) in [4.78, 5) is 37.0. The Morgan fingerprint density at radius 2 is 1.90 bits per heavy atom. The average molecular weight is 421 g/mol. The van der Waals surface area contributed by atoms with Crippen molar-refractivity contribution in [2.24, 2.45) is 0 Å². The standard InChI is InChI=1S/C21H31N3O6/c1-6-29-20-15(11-16(25)30-20)24-17(26)12(2)22-18(27)19(28)23-14-10-8-7-9-13(14)21(3,4)5/h7-10,12,15-16,20,25H,6,11H2,1-5H3,(H,22,27)(H,23,28)(H,24,26)/t12-,15?,16?,20?/m0/s1. The Bertz CT molecular complexity index is 776. The van der Waals surface area contributed by atoms with Gasteiger partial charge in [-0.15, -0.1) is 0 Å². The lowest BCUT2D eigenvalue weighted by molar-refractivity contribution is -0.188. The first-order chi connectivity index (χ1) is 14.0. The first-order valence-corrected chi connectivity index (χ1v) is 9.99. The molecule has 1 fully saturated rings. The van der Waals surface area contributed by atoms with E-state index in [9.17, 15) is 19.5 Å². The lowest BCUT2D eigenvalue weighted by Crippen LogP contribution is -2.52. The van der Waals surface area contributed by atoms with Gasteiger partial charge in [-0.1, -0.05) is 39.0 Å². The normalized spacial score (nSPS) is 22.3. The van der Waals surface area contributed by atoms with Gasteiger partial charge >= 0.3 is 11.8 Å². The predicted molar refractivity (Wildman–Crippen MR) is 110 cm³/mol. The average Bonchev–Trinajstić information content (AvgIpc) is 3.00. The number of para-hydroxylation sites is 1. The number of rotatable bonds is 6. The van der Waals surface area contributed by atoms with Crippen molar-refractivity contribution < 1.29 is 29.0 Å². The van der Waals surface area contributed by atoms with Gasteiger partial charge in [-0.2, -0.15) is 0 Å². The molecule has 30 heavy (non-hydrogen) atoms. The highest BCUT2D eigenvalue weighted by molar-refractivity contribution is 6.40. The van der Waals surface area contributed by atoms with Gasteiger partial charge < -0.3 is 30.5 Å². The summed E-state index contributed by atoms with van der Waals surface area (Å²) in [6.07, 6.45) is -1.64. The van der Waals surface area contributed by atoms with Gasteiger partial charge in [-0.3, -0.25) is 14.4 Å². The Morgan fingerprint density at radius 3 is 2.53 bits per heavy atom. The van der Waals surface area contributed by atoms with E-state index in [2.05, 4.69) is 16.0 Å². The zero-order valence-corrected chi connectivity index (χ0v) is 18.0. The molecule has 0 bridgehead atoms. The van der Waals surface area contributed by atoms with E-state index in [1.54, 1.807) is 19.1 Å². The Labute approximate surface area is 176 Å². The van der Waals surface area contributed by atoms with Crippen molar-refractivity contribution in [3.05, 3.63) is 29.8 Å². The molecular formula is C21H31N3O6. The molecule has 1 aliphatic rings. The van der Waals surface area contributed by atoms with Crippen molar-refractivity contribution in [3.63, 3.8) is 0 Å². The molecule has 0 aromatic heterocycles. The van der Waals surface area contributed by atoms with Crippen molar-refractivity contribution in [1.82, 2.24) is 10.6 Å². The van der Waals surface area contributed by atoms with Crippen molar-refractivity contribution in [2.75, 3.05) is 11.9 Å². The first kappa shape index (κ1) is 23.8. The third-order valence-electron chi connectivity index (χ3n) is 4.66. The van der Waals surface area contributed by atoms with Crippen LogP contribution in [0.2, 0.25) is 0 Å². The van der Waals surface area contributed by atoms with Crippen LogP contribution in [0.1, 0.15) is 46.6 Å². The van der Waals surface area contributed by atoms with Crippen molar-refractivity contribution in [2.45, 2.75) is 71.1 Å². The fourth-order valence-electron chi connectivity index (χ4n) is 3.14. The minimum atomic E-state index is -1.04. The summed E-state index contributed by atoms with van der Waals surface area (Å²) in [6, 6.07) is 5.71. The summed E-state index contributed by atoms with van der Waals surface area (Å²) in [5.74, 6) is -2.30. The van der Waals surface area contributed by atoms with Gasteiger partial charge in [0.25, 0.3) is 0 Å². The number of hydrogen-bond donors (Lipinski definition) is 4. The molecule has 1 saturated heterocycles. The van der Waals surface area contributed by atoms with E-state index in [4.69, 9.17) is 9.47 Å². The summed E-state index contributed by atoms with van der Waals surface area (Å²) in [5, 5.41) is 17.3. The number of carbonyl (C=O) groups excluding carboxylic acids is 3. The van der Waals surface area contributed by atoms with Gasteiger partial charge in [-0.05, 0) is 30.9 Å². The van der Waals surface area contributed by atoms with Gasteiger partial charge in [0.1, 0.15) is 6.04 Å². The number of ether oxygens (including phenoxy) is 2. The van der Waals surface area contributed by atoms with Crippen LogP contribution in [0.5, 0.6) is 0 Å². The third kappa shape index (κ3) is 6.25. The monoisotopic (exact) mass is 421 g/mol. The molecule has 166 valence electrons. The lowest BCUT2D eigenvalue weighted by Gasteiger charge is -2.23. The highest BCUT2D eigenvalue weighted by atomic mass is 16.7. The van der Waals surface area contributed by atoms with E-state index in [1.807, 2.05) is 32.9 Å². The van der Waals surface area contributed by atoms with Crippen LogP contribution in [0.15, 0.2) is 24.3 Å². The van der Waals surface area contributed by atoms with Crippen LogP contribution < -0.4 is 16.0 Å². The van der Waals surface area contributed by atoms with Crippen LogP contribution in [0.3, 0.4) is 0 Å². The molecular weight excluding hydrogens is 390 g/mol. The molecule has 0 saturated carbocycles. The van der Waals surface area contributed by atoms with Gasteiger partial charge in [0.05, 0.1) is 6.04 Å². The third-order valence-corrected chi connectivity index (χ3v) is 4.66. The molecule has 9 nitrogen and oxygen atoms in total. The number of benzene rings is 1. The molecule has 9 heteroatoms. The number of aliphatic hydroxyl groups is 1. The van der Waals surface area contributed by atoms with Crippen molar-refractivity contribution >= 4 is 23.4 Å². The number of anilines is 1. The van der Waals surface area contributed by atoms with E-state index in [1.165, 1.54) is 6.92 Å². The molecule has 0 radical (unpaired) electrons. The van der Waals surface area contributed by atoms with Crippen molar-refractivity contribution in [3.8, 4) is 0 Å². The summed E-state index contributed by atoms with van der Waals surface area (Å²) >= 11 is 0. The summed E-state index contributed by atoms with van der Waals surface area (Å²) < 4.78 is 10.5. The molecule has 4 N–H and O–H groups in total. The molecule has 1 aromatic carbocycles. The van der Waals surface area contributed by atoms with Crippen molar-refractivity contribution in [1.29, 1.82) is 0 Å². The molecule has 2 rings (SSSR count). The Balaban J connectivity index is 1.94. The minimum absolute atomic E-state index is 0.168. The van der Waals surface area contributed by atoms with Crippen LogP contribution in [0, 0.1) is 0 Å². The Morgan fingerprint density at radius 1 is 1.23 bits per heavy atom. The quantitative estimate of drug-likeness (QED) is 0.508. The van der Waals surface area contributed by atoms with E-state index >= 15 is 0 Å². The largest absolute Gasteiger partial charge is 0.368 e. The number of hydrogen-bond acceptors (Lipinski definition) is 6. The Kier molecular flexibility index (Phi) is 7.94. The first-order valence-electron chi connectivity index (χ1n) is 9.99. The lowest BCUT2D eigenvalue weighted by atomic mass is 9.86. The zero-order valence-electron chi connectivity index (χ0n) is 18.0. The van der Waals surface area contributed by atoms with Crippen LogP contribution in [-0.2, 0) is 29.3 Å². The fraction of sp³-hybridized carbons (Fsp3) is 0.571. The maximum absolute atomic E-state index is 12.4. The molecule has 0 aliphatic carbocycles. The molecule has 1 aliphatic heterocycles. The highest BCUT2D eigenvalue weighted by Gasteiger charge is 2.36. The van der Waals surface area contributed by atoms with Crippen LogP contribution in [0.4, 0.5) is 5.69 Å². The number of aliphatic hydroxyl groups excluding tert-OH is 1. The summed E-state index contributed by atoms with van der Waals surface area (Å²) in [5.41, 5.74) is 1.20. The summed E-state index contributed by atoms with van der Waals surface area (Å²) in [7, 11) is 0. The van der Waals surface area contributed by atoms with E-state index < -0.39 is 42.4 Å². The van der Waals surface area contributed by atoms with Gasteiger partial charge in [-0.25, -0.2) is 0 Å². The van der Waals surface area contributed by atoms with Gasteiger partial charge in [0.15, 0.2) is 12.6 Å². The number of nitrogens with one attached hydrogen (secondary N) is 3. The molecule has 1 heterocycles. The predicted octanol–water partition coefficient (Wildman–Crippen LogP) is 1.01. The maximum atomic E-state index is 12.4. The van der Waals surface area contributed by atoms with E-state index in [0.717, 1.165) is 5.56 Å². The van der Waals surface area contributed by atoms with Crippen LogP contribution in [-0.4, -0.2) is 54.1 Å². The van der Waals surface area contributed by atoms with Crippen LogP contribution >= 0.6 is 0 Å². The number of carbonyl (C=O) groups is 3. The Hall–Kier alpha value is -2.49. The fourth-order valence-corrected chi connectivity index (χ4v) is 3.14. The smallest absolute Gasteiger partial charge is 0.313 e. The van der Waals surface area contributed by atoms with E-state index in [-0.39, 0.29) is 11.8 Å². The topological polar surface area (TPSA) is 126 Å². The molecule has 3 unspecified atom stereocenters. The van der Waals surface area contributed by atoms with Gasteiger partial charge in [0.2, 0.25) is 5.91 Å². The second-order valence-electron chi connectivity index (χ2n) is 8.21. The van der Waals surface area contributed by atoms with Gasteiger partial charge in [0, 0.05) is 18.7 Å². The molecule has 1 aromatic rings. The second-order valence-corrected chi connectivity index (χ2v) is 8.21. The second kappa shape index (κ2) is 10.0. The SMILES string of the molecule is CCOC1OC(O)CC1NC(=O)[C@H](C)NC(=O)C(=O)Nc1ccccc1C(C)(C)C. The maximum Gasteiger partial charge on any atom is 0.313 e. The zero-order chi connectivity index (χ0) is 22.5. The minimum Gasteiger partial charge on any atom is -0.368 e. The molecule has 0 spiro atoms. The number of amides is 3. The highest BCUT2D eigenvalue weighted by Crippen LogP contribution is 2.29. The molecule has 3 amide bonds. The van der Waals surface area contributed by atoms with E-state index in [0.29, 0.717) is 12.3 Å². The van der Waals surface area contributed by atoms with Crippen LogP contribution in [0.25, 0.3) is 0 Å². The summed E-state index contributed by atoms with van der Waals surface area (Å²) in [6.45, 7) is 9.60. The molecule has 4 atom stereocenters.